The van der Waals surface area contributed by atoms with Gasteiger partial charge in [0.15, 0.2) is 9.84 Å². The van der Waals surface area contributed by atoms with Gasteiger partial charge in [0.1, 0.15) is 16.4 Å². The molecule has 1 aromatic rings. The maximum absolute atomic E-state index is 12.6. The molecule has 1 aromatic carbocycles. The monoisotopic (exact) mass is 349 g/mol. The van der Waals surface area contributed by atoms with Crippen molar-refractivity contribution in [1.82, 2.24) is 4.72 Å². The van der Waals surface area contributed by atoms with Crippen LogP contribution in [0.4, 0.5) is 0 Å². The lowest BCUT2D eigenvalue weighted by molar-refractivity contribution is 0.385. The molecule has 124 valence electrons. The first-order valence-electron chi connectivity index (χ1n) is 6.57. The predicted molar refractivity (Wildman–Crippen MR) is 81.5 cm³/mol. The van der Waals surface area contributed by atoms with E-state index in [0.29, 0.717) is 5.75 Å². The van der Waals surface area contributed by atoms with E-state index in [0.717, 1.165) is 0 Å². The summed E-state index contributed by atoms with van der Waals surface area (Å²) in [5.41, 5.74) is -1.01. The molecule has 1 heterocycles. The Hall–Kier alpha value is -1.32. The number of sulfone groups is 1. The van der Waals surface area contributed by atoms with E-state index in [9.17, 15) is 16.8 Å². The fourth-order valence-electron chi connectivity index (χ4n) is 2.47. The van der Waals surface area contributed by atoms with Gasteiger partial charge in [-0.15, -0.1) is 0 Å². The Morgan fingerprint density at radius 1 is 1.23 bits per heavy atom. The summed E-state index contributed by atoms with van der Waals surface area (Å²) in [5.74, 6) is 0.366. The Kier molecular flexibility index (Phi) is 4.42. The molecule has 9 heteroatoms. The van der Waals surface area contributed by atoms with Gasteiger partial charge in [-0.25, -0.2) is 21.6 Å². The molecule has 0 saturated carbocycles. The largest absolute Gasteiger partial charge is 0.497 e. The van der Waals surface area contributed by atoms with Crippen LogP contribution in [0.15, 0.2) is 23.1 Å². The third kappa shape index (κ3) is 3.53. The van der Waals surface area contributed by atoms with Crippen LogP contribution in [0.3, 0.4) is 0 Å². The van der Waals surface area contributed by atoms with E-state index in [1.165, 1.54) is 32.4 Å². The van der Waals surface area contributed by atoms with Gasteiger partial charge in [0.05, 0.1) is 25.7 Å². The number of sulfonamides is 1. The third-order valence-electron chi connectivity index (χ3n) is 3.54. The summed E-state index contributed by atoms with van der Waals surface area (Å²) in [5, 5.41) is 0. The maximum atomic E-state index is 12.6. The van der Waals surface area contributed by atoms with Crippen LogP contribution < -0.4 is 14.2 Å². The highest BCUT2D eigenvalue weighted by Gasteiger charge is 2.41. The fraction of sp³-hybridized carbons (Fsp3) is 0.538. The van der Waals surface area contributed by atoms with Crippen LogP contribution in [0.5, 0.6) is 11.5 Å². The minimum absolute atomic E-state index is 0.0221. The van der Waals surface area contributed by atoms with Gasteiger partial charge >= 0.3 is 0 Å². The lowest BCUT2D eigenvalue weighted by Crippen LogP contribution is -2.46. The van der Waals surface area contributed by atoms with Gasteiger partial charge in [0.25, 0.3) is 0 Å². The van der Waals surface area contributed by atoms with E-state index in [1.54, 1.807) is 6.92 Å². The van der Waals surface area contributed by atoms with E-state index in [2.05, 4.69) is 4.72 Å². The molecule has 0 amide bonds. The molecule has 0 aromatic heterocycles. The fourth-order valence-corrected chi connectivity index (χ4v) is 6.24. The predicted octanol–water partition coefficient (Wildman–Crippen LogP) is 0.559. The van der Waals surface area contributed by atoms with Crippen molar-refractivity contribution in [3.63, 3.8) is 0 Å². The van der Waals surface area contributed by atoms with Crippen molar-refractivity contribution in [2.75, 3.05) is 25.7 Å². The number of rotatable bonds is 5. The zero-order valence-corrected chi connectivity index (χ0v) is 14.3. The van der Waals surface area contributed by atoms with E-state index in [-0.39, 0.29) is 28.6 Å². The van der Waals surface area contributed by atoms with Gasteiger partial charge in [-0.3, -0.25) is 0 Å². The van der Waals surface area contributed by atoms with Crippen molar-refractivity contribution in [1.29, 1.82) is 0 Å². The molecule has 22 heavy (non-hydrogen) atoms. The molecule has 1 fully saturated rings. The summed E-state index contributed by atoms with van der Waals surface area (Å²) in [6, 6.07) is 4.33. The summed E-state index contributed by atoms with van der Waals surface area (Å²) < 4.78 is 60.9. The molecule has 1 saturated heterocycles. The number of hydrogen-bond donors (Lipinski definition) is 1. The Labute approximate surface area is 130 Å². The Morgan fingerprint density at radius 3 is 2.41 bits per heavy atom. The minimum atomic E-state index is -3.92. The molecular weight excluding hydrogens is 330 g/mol. The van der Waals surface area contributed by atoms with Crippen molar-refractivity contribution in [3.8, 4) is 11.5 Å². The first-order chi connectivity index (χ1) is 10.1. The van der Waals surface area contributed by atoms with Crippen LogP contribution in [-0.4, -0.2) is 48.1 Å². The van der Waals surface area contributed by atoms with Gasteiger partial charge in [-0.05, 0) is 25.5 Å². The third-order valence-corrected chi connectivity index (χ3v) is 7.13. The summed E-state index contributed by atoms with van der Waals surface area (Å²) in [4.78, 5) is -0.0543. The number of hydrogen-bond acceptors (Lipinski definition) is 6. The van der Waals surface area contributed by atoms with Crippen LogP contribution in [0, 0.1) is 0 Å². The van der Waals surface area contributed by atoms with Crippen LogP contribution in [0.25, 0.3) is 0 Å². The van der Waals surface area contributed by atoms with Crippen LogP contribution in [-0.2, 0) is 19.9 Å². The first kappa shape index (κ1) is 17.0. The molecule has 1 aliphatic rings. The lowest BCUT2D eigenvalue weighted by Gasteiger charge is -2.24. The second-order valence-electron chi connectivity index (χ2n) is 5.52. The summed E-state index contributed by atoms with van der Waals surface area (Å²) >= 11 is 0. The molecule has 2 rings (SSSR count). The number of methoxy groups -OCH3 is 2. The highest BCUT2D eigenvalue weighted by atomic mass is 32.2. The summed E-state index contributed by atoms with van der Waals surface area (Å²) in [6.07, 6.45) is 0.243. The molecule has 0 bridgehead atoms. The average molecular weight is 349 g/mol. The second kappa shape index (κ2) is 5.71. The van der Waals surface area contributed by atoms with Crippen molar-refractivity contribution >= 4 is 19.9 Å². The van der Waals surface area contributed by atoms with E-state index in [1.807, 2.05) is 0 Å². The molecular formula is C13H19NO6S2. The topological polar surface area (TPSA) is 98.8 Å². The van der Waals surface area contributed by atoms with E-state index in [4.69, 9.17) is 9.47 Å². The van der Waals surface area contributed by atoms with Gasteiger partial charge in [-0.1, -0.05) is 0 Å². The van der Waals surface area contributed by atoms with Crippen LogP contribution in [0.2, 0.25) is 0 Å². The quantitative estimate of drug-likeness (QED) is 0.834. The Morgan fingerprint density at radius 2 is 1.91 bits per heavy atom. The molecule has 0 radical (unpaired) electrons. The van der Waals surface area contributed by atoms with Gasteiger partial charge in [0.2, 0.25) is 10.0 Å². The Bertz CT molecular complexity index is 772. The smallest absolute Gasteiger partial charge is 0.244 e. The van der Waals surface area contributed by atoms with Gasteiger partial charge in [0, 0.05) is 11.6 Å². The van der Waals surface area contributed by atoms with E-state index < -0.39 is 25.4 Å². The molecule has 0 spiro atoms. The van der Waals surface area contributed by atoms with Crippen LogP contribution in [0.1, 0.15) is 13.3 Å². The summed E-state index contributed by atoms with van der Waals surface area (Å²) in [6.45, 7) is 1.59. The zero-order valence-electron chi connectivity index (χ0n) is 12.6. The summed E-state index contributed by atoms with van der Waals surface area (Å²) in [7, 11) is -4.31. The number of nitrogens with one attached hydrogen (secondary N) is 1. The first-order valence-corrected chi connectivity index (χ1v) is 9.88. The molecule has 0 unspecified atom stereocenters. The molecule has 1 aliphatic heterocycles. The maximum Gasteiger partial charge on any atom is 0.244 e. The highest BCUT2D eigenvalue weighted by Crippen LogP contribution is 2.31. The molecule has 7 nitrogen and oxygen atoms in total. The Balaban J connectivity index is 2.35. The molecule has 1 atom stereocenters. The molecule has 0 aliphatic carbocycles. The second-order valence-corrected chi connectivity index (χ2v) is 9.36. The standard InChI is InChI=1S/C13H19NO6S2/c1-13(6-7-21(15,16)9-13)14-22(17,18)12-5-4-10(19-2)8-11(12)20-3/h4-5,8,14H,6-7,9H2,1-3H3/t13-/m1/s1. The SMILES string of the molecule is COc1ccc(S(=O)(=O)N[C@]2(C)CCS(=O)(=O)C2)c(OC)c1. The lowest BCUT2D eigenvalue weighted by atomic mass is 10.0. The number of benzene rings is 1. The van der Waals surface area contributed by atoms with Crippen molar-refractivity contribution in [2.45, 2.75) is 23.8 Å². The molecule has 1 N–H and O–H groups in total. The van der Waals surface area contributed by atoms with Crippen molar-refractivity contribution < 1.29 is 26.3 Å². The highest BCUT2D eigenvalue weighted by molar-refractivity contribution is 7.92. The van der Waals surface area contributed by atoms with Gasteiger partial charge in [-0.2, -0.15) is 0 Å². The normalized spacial score (nSPS) is 24.1. The van der Waals surface area contributed by atoms with E-state index >= 15 is 0 Å². The number of ether oxygens (including phenoxy) is 2. The van der Waals surface area contributed by atoms with Gasteiger partial charge < -0.3 is 9.47 Å². The zero-order chi connectivity index (χ0) is 16.6. The van der Waals surface area contributed by atoms with Crippen LogP contribution >= 0.6 is 0 Å². The minimum Gasteiger partial charge on any atom is -0.497 e. The average Bonchev–Trinajstić information content (AvgIpc) is 2.70. The van der Waals surface area contributed by atoms with Crippen molar-refractivity contribution in [3.05, 3.63) is 18.2 Å². The van der Waals surface area contributed by atoms with Crippen molar-refractivity contribution in [2.24, 2.45) is 0 Å².